The van der Waals surface area contributed by atoms with Crippen LogP contribution in [0.25, 0.3) is 0 Å². The lowest BCUT2D eigenvalue weighted by molar-refractivity contribution is -0.149. The van der Waals surface area contributed by atoms with Gasteiger partial charge in [-0.05, 0) is 43.0 Å². The molecule has 1 aromatic rings. The minimum atomic E-state index is -4.50. The average molecular weight is 418 g/mol. The monoisotopic (exact) mass is 418 g/mol. The summed E-state index contributed by atoms with van der Waals surface area (Å²) in [5.74, 6) is -1.86. The van der Waals surface area contributed by atoms with Crippen molar-refractivity contribution in [3.63, 3.8) is 0 Å². The molecule has 1 aromatic carbocycles. The Hall–Kier alpha value is -2.78. The summed E-state index contributed by atoms with van der Waals surface area (Å²) in [7, 11) is 0. The van der Waals surface area contributed by atoms with Crippen LogP contribution in [0.15, 0.2) is 24.3 Å². The minimum Gasteiger partial charge on any atom is -0.480 e. The summed E-state index contributed by atoms with van der Waals surface area (Å²) in [5.41, 5.74) is -0.803. The number of aliphatic carboxylic acids is 1. The number of carbonyl (C=O) groups is 3. The molecule has 2 amide bonds. The van der Waals surface area contributed by atoms with Crippen molar-refractivity contribution in [1.82, 2.24) is 4.90 Å². The second-order valence-electron chi connectivity index (χ2n) is 6.88. The summed E-state index contributed by atoms with van der Waals surface area (Å²) >= 11 is 0. The third kappa shape index (κ3) is 8.41. The number of hydrogen-bond acceptors (Lipinski definition) is 4. The van der Waals surface area contributed by atoms with Crippen LogP contribution in [0.3, 0.4) is 0 Å². The predicted molar refractivity (Wildman–Crippen MR) is 99.3 cm³/mol. The Morgan fingerprint density at radius 1 is 1.17 bits per heavy atom. The molecule has 1 rings (SSSR count). The van der Waals surface area contributed by atoms with Gasteiger partial charge in [0.2, 0.25) is 0 Å². The van der Waals surface area contributed by atoms with Gasteiger partial charge in [0.05, 0.1) is 5.56 Å². The van der Waals surface area contributed by atoms with Gasteiger partial charge in [0.15, 0.2) is 6.10 Å². The maximum absolute atomic E-state index is 12.7. The molecule has 0 heterocycles. The van der Waals surface area contributed by atoms with E-state index in [1.807, 2.05) is 0 Å². The molecule has 0 aliphatic rings. The Balaban J connectivity index is 2.86. The molecule has 2 N–H and O–H groups in total. The molecule has 0 saturated carbocycles. The summed E-state index contributed by atoms with van der Waals surface area (Å²) < 4.78 is 43.0. The zero-order chi connectivity index (χ0) is 22.2. The number of ether oxygens (including phenoxy) is 1. The van der Waals surface area contributed by atoms with Crippen LogP contribution < -0.4 is 5.32 Å². The SMILES string of the molecule is CCCN(CC(=O)O)C(=O)[C@H](CC(C)C)OC(=O)Nc1ccc(C(F)(F)F)cc1. The lowest BCUT2D eigenvalue weighted by Crippen LogP contribution is -2.45. The van der Waals surface area contributed by atoms with Crippen LogP contribution >= 0.6 is 0 Å². The first-order valence-electron chi connectivity index (χ1n) is 9.09. The number of nitrogens with zero attached hydrogens (tertiary/aromatic N) is 1. The second kappa shape index (κ2) is 10.7. The van der Waals surface area contributed by atoms with Crippen molar-refractivity contribution in [2.75, 3.05) is 18.4 Å². The Morgan fingerprint density at radius 3 is 2.21 bits per heavy atom. The van der Waals surface area contributed by atoms with Crippen LogP contribution in [0, 0.1) is 5.92 Å². The van der Waals surface area contributed by atoms with Crippen molar-refractivity contribution < 1.29 is 37.4 Å². The molecule has 0 saturated heterocycles. The highest BCUT2D eigenvalue weighted by Gasteiger charge is 2.31. The first kappa shape index (κ1) is 24.3. The van der Waals surface area contributed by atoms with E-state index in [1.165, 1.54) is 0 Å². The molecule has 162 valence electrons. The number of carboxylic acids is 1. The molecule has 10 heteroatoms. The predicted octanol–water partition coefficient (Wildman–Crippen LogP) is 3.99. The summed E-state index contributed by atoms with van der Waals surface area (Å²) in [4.78, 5) is 36.9. The Morgan fingerprint density at radius 2 is 1.76 bits per heavy atom. The number of benzene rings is 1. The Bertz CT molecular complexity index is 705. The van der Waals surface area contributed by atoms with E-state index in [-0.39, 0.29) is 24.6 Å². The number of amides is 2. The van der Waals surface area contributed by atoms with E-state index in [9.17, 15) is 27.6 Å². The van der Waals surface area contributed by atoms with Gasteiger partial charge in [-0.2, -0.15) is 13.2 Å². The van der Waals surface area contributed by atoms with Gasteiger partial charge < -0.3 is 14.7 Å². The largest absolute Gasteiger partial charge is 0.480 e. The number of alkyl halides is 3. The van der Waals surface area contributed by atoms with E-state index in [0.717, 1.165) is 29.2 Å². The summed E-state index contributed by atoms with van der Waals surface area (Å²) in [5, 5.41) is 11.3. The molecule has 0 aliphatic heterocycles. The zero-order valence-corrected chi connectivity index (χ0v) is 16.5. The standard InChI is InChI=1S/C19H25F3N2O5/c1-4-9-24(11-16(25)26)17(27)15(10-12(2)3)29-18(28)23-14-7-5-13(6-8-14)19(20,21)22/h5-8,12,15H,4,9-11H2,1-3H3,(H,23,28)(H,25,26)/t15-/m0/s1. The van der Waals surface area contributed by atoms with Crippen LogP contribution in [-0.2, 0) is 20.5 Å². The van der Waals surface area contributed by atoms with Crippen molar-refractivity contribution >= 4 is 23.7 Å². The van der Waals surface area contributed by atoms with Gasteiger partial charge in [-0.3, -0.25) is 14.9 Å². The number of hydrogen-bond donors (Lipinski definition) is 2. The van der Waals surface area contributed by atoms with Crippen molar-refractivity contribution in [3.05, 3.63) is 29.8 Å². The van der Waals surface area contributed by atoms with E-state index in [4.69, 9.17) is 9.84 Å². The van der Waals surface area contributed by atoms with Gasteiger partial charge in [0.1, 0.15) is 6.54 Å². The van der Waals surface area contributed by atoms with Crippen molar-refractivity contribution in [2.45, 2.75) is 45.9 Å². The van der Waals surface area contributed by atoms with Crippen LogP contribution in [0.2, 0.25) is 0 Å². The number of anilines is 1. The summed E-state index contributed by atoms with van der Waals surface area (Å²) in [6, 6.07) is 3.75. The molecule has 29 heavy (non-hydrogen) atoms. The van der Waals surface area contributed by atoms with Gasteiger partial charge in [-0.25, -0.2) is 4.79 Å². The van der Waals surface area contributed by atoms with Crippen molar-refractivity contribution in [2.24, 2.45) is 5.92 Å². The Kier molecular flexibility index (Phi) is 8.93. The van der Waals surface area contributed by atoms with Crippen LogP contribution in [0.5, 0.6) is 0 Å². The first-order chi connectivity index (χ1) is 13.4. The number of halogens is 3. The van der Waals surface area contributed by atoms with Gasteiger partial charge in [0.25, 0.3) is 5.91 Å². The third-order valence-electron chi connectivity index (χ3n) is 3.80. The number of nitrogens with one attached hydrogen (secondary N) is 1. The second-order valence-corrected chi connectivity index (χ2v) is 6.88. The normalized spacial score (nSPS) is 12.4. The molecule has 7 nitrogen and oxygen atoms in total. The highest BCUT2D eigenvalue weighted by Crippen LogP contribution is 2.29. The van der Waals surface area contributed by atoms with Gasteiger partial charge in [0, 0.05) is 12.2 Å². The fourth-order valence-corrected chi connectivity index (χ4v) is 2.55. The minimum absolute atomic E-state index is 0.0314. The van der Waals surface area contributed by atoms with Crippen molar-refractivity contribution in [3.8, 4) is 0 Å². The molecule has 0 radical (unpaired) electrons. The van der Waals surface area contributed by atoms with E-state index in [2.05, 4.69) is 5.32 Å². The van der Waals surface area contributed by atoms with Gasteiger partial charge in [-0.15, -0.1) is 0 Å². The van der Waals surface area contributed by atoms with E-state index < -0.39 is 42.4 Å². The molecule has 0 unspecified atom stereocenters. The molecular formula is C19H25F3N2O5. The highest BCUT2D eigenvalue weighted by molar-refractivity contribution is 5.90. The quantitative estimate of drug-likeness (QED) is 0.632. The molecule has 0 aliphatic carbocycles. The topological polar surface area (TPSA) is 95.9 Å². The van der Waals surface area contributed by atoms with Gasteiger partial charge >= 0.3 is 18.2 Å². The Labute approximate surface area is 166 Å². The van der Waals surface area contributed by atoms with Crippen LogP contribution in [-0.4, -0.2) is 47.2 Å². The fraction of sp³-hybridized carbons (Fsp3) is 0.526. The molecule has 0 spiro atoms. The summed E-state index contributed by atoms with van der Waals surface area (Å²) in [6.45, 7) is 5.05. The molecule has 0 aromatic heterocycles. The maximum Gasteiger partial charge on any atom is 0.416 e. The van der Waals surface area contributed by atoms with E-state index in [0.29, 0.717) is 6.42 Å². The first-order valence-corrected chi connectivity index (χ1v) is 9.09. The smallest absolute Gasteiger partial charge is 0.416 e. The number of rotatable bonds is 9. The van der Waals surface area contributed by atoms with Crippen LogP contribution in [0.4, 0.5) is 23.7 Å². The number of carbonyl (C=O) groups excluding carboxylic acids is 2. The molecule has 0 fully saturated rings. The number of carboxylic acid groups (broad SMARTS) is 1. The van der Waals surface area contributed by atoms with Crippen molar-refractivity contribution in [1.29, 1.82) is 0 Å². The third-order valence-corrected chi connectivity index (χ3v) is 3.80. The lowest BCUT2D eigenvalue weighted by atomic mass is 10.0. The van der Waals surface area contributed by atoms with Crippen LogP contribution in [0.1, 0.15) is 39.2 Å². The highest BCUT2D eigenvalue weighted by atomic mass is 19.4. The average Bonchev–Trinajstić information content (AvgIpc) is 2.59. The lowest BCUT2D eigenvalue weighted by Gasteiger charge is -2.26. The molecule has 0 bridgehead atoms. The molecular weight excluding hydrogens is 393 g/mol. The fourth-order valence-electron chi connectivity index (χ4n) is 2.55. The summed E-state index contributed by atoms with van der Waals surface area (Å²) in [6.07, 6.45) is -6.05. The van der Waals surface area contributed by atoms with Gasteiger partial charge in [-0.1, -0.05) is 20.8 Å². The molecule has 1 atom stereocenters. The van der Waals surface area contributed by atoms with E-state index >= 15 is 0 Å². The maximum atomic E-state index is 12.7. The zero-order valence-electron chi connectivity index (χ0n) is 16.5. The van der Waals surface area contributed by atoms with E-state index in [1.54, 1.807) is 20.8 Å².